The van der Waals surface area contributed by atoms with Gasteiger partial charge in [0.25, 0.3) is 5.92 Å². The lowest BCUT2D eigenvalue weighted by molar-refractivity contribution is -0.235. The average Bonchev–Trinajstić information content (AvgIpc) is 2.98. The van der Waals surface area contributed by atoms with Crippen LogP contribution in [-0.4, -0.2) is 28.2 Å². The van der Waals surface area contributed by atoms with E-state index >= 15 is 8.78 Å². The first-order chi connectivity index (χ1) is 13.5. The van der Waals surface area contributed by atoms with Gasteiger partial charge in [-0.1, -0.05) is 20.8 Å². The second-order valence-corrected chi connectivity index (χ2v) is 11.5. The molecule has 5 heteroatoms. The third-order valence-corrected chi connectivity index (χ3v) is 10.2. The Labute approximate surface area is 173 Å². The first-order valence-corrected chi connectivity index (χ1v) is 11.8. The third kappa shape index (κ3) is 3.34. The fourth-order valence-electron chi connectivity index (χ4n) is 8.78. The number of carboxylic acids is 1. The molecule has 0 aromatic carbocycles. The molecule has 4 rings (SSSR count). The van der Waals surface area contributed by atoms with E-state index in [-0.39, 0.29) is 36.0 Å². The predicted octanol–water partition coefficient (Wildman–Crippen LogP) is 5.75. The Kier molecular flexibility index (Phi) is 5.32. The Hall–Kier alpha value is -0.710. The van der Waals surface area contributed by atoms with Gasteiger partial charge in [-0.2, -0.15) is 0 Å². The van der Waals surface area contributed by atoms with Crippen LogP contribution in [0.5, 0.6) is 0 Å². The molecule has 166 valence electrons. The first-order valence-electron chi connectivity index (χ1n) is 11.8. The van der Waals surface area contributed by atoms with Crippen molar-refractivity contribution in [3.8, 4) is 0 Å². The molecule has 0 saturated heterocycles. The van der Waals surface area contributed by atoms with Gasteiger partial charge in [0, 0.05) is 18.8 Å². The molecule has 4 fully saturated rings. The smallest absolute Gasteiger partial charge is 0.303 e. The maximum absolute atomic E-state index is 15.4. The van der Waals surface area contributed by atoms with E-state index < -0.39 is 23.9 Å². The van der Waals surface area contributed by atoms with Gasteiger partial charge in [-0.05, 0) is 91.8 Å². The SMILES string of the molecule is C[C@H](CCC(=O)O)C1CC[C@H]2[C@@H]3CC(F)(F)[C@@H]4C[C@H](O)CCC4(C)[C@H]3CC[C@]12C. The highest BCUT2D eigenvalue weighted by atomic mass is 19.3. The summed E-state index contributed by atoms with van der Waals surface area (Å²) in [6.07, 6.45) is 6.08. The Bertz CT molecular complexity index is 652. The number of rotatable bonds is 4. The van der Waals surface area contributed by atoms with Gasteiger partial charge < -0.3 is 10.2 Å². The van der Waals surface area contributed by atoms with Crippen molar-refractivity contribution in [2.45, 2.75) is 97.0 Å². The highest BCUT2D eigenvalue weighted by molar-refractivity contribution is 5.66. The molecule has 0 aliphatic heterocycles. The maximum atomic E-state index is 15.4. The van der Waals surface area contributed by atoms with E-state index in [1.54, 1.807) is 0 Å². The normalized spacial score (nSPS) is 49.6. The van der Waals surface area contributed by atoms with Crippen molar-refractivity contribution in [1.29, 1.82) is 0 Å². The van der Waals surface area contributed by atoms with Crippen molar-refractivity contribution in [1.82, 2.24) is 0 Å². The molecule has 0 heterocycles. The summed E-state index contributed by atoms with van der Waals surface area (Å²) < 4.78 is 30.8. The van der Waals surface area contributed by atoms with E-state index in [1.807, 2.05) is 0 Å². The Morgan fingerprint density at radius 1 is 1.07 bits per heavy atom. The van der Waals surface area contributed by atoms with Crippen LogP contribution in [0.15, 0.2) is 0 Å². The lowest BCUT2D eigenvalue weighted by atomic mass is 9.43. The average molecular weight is 413 g/mol. The van der Waals surface area contributed by atoms with Crippen LogP contribution in [-0.2, 0) is 4.79 Å². The molecule has 0 amide bonds. The van der Waals surface area contributed by atoms with Gasteiger partial charge >= 0.3 is 5.97 Å². The van der Waals surface area contributed by atoms with Crippen molar-refractivity contribution < 1.29 is 23.8 Å². The predicted molar refractivity (Wildman–Crippen MR) is 108 cm³/mol. The summed E-state index contributed by atoms with van der Waals surface area (Å²) in [6.45, 7) is 6.58. The van der Waals surface area contributed by atoms with Gasteiger partial charge in [0.05, 0.1) is 6.10 Å². The first kappa shape index (κ1) is 21.5. The zero-order valence-electron chi connectivity index (χ0n) is 18.2. The fraction of sp³-hybridized carbons (Fsp3) is 0.958. The molecule has 0 bridgehead atoms. The number of hydrogen-bond acceptors (Lipinski definition) is 2. The minimum atomic E-state index is -2.69. The summed E-state index contributed by atoms with van der Waals surface area (Å²) in [5, 5.41) is 19.2. The summed E-state index contributed by atoms with van der Waals surface area (Å²) >= 11 is 0. The molecular formula is C24H38F2O3. The van der Waals surface area contributed by atoms with Gasteiger partial charge in [-0.25, -0.2) is 8.78 Å². The van der Waals surface area contributed by atoms with E-state index in [1.165, 1.54) is 0 Å². The number of alkyl halides is 2. The van der Waals surface area contributed by atoms with Crippen molar-refractivity contribution in [3.63, 3.8) is 0 Å². The van der Waals surface area contributed by atoms with Gasteiger partial charge in [0.2, 0.25) is 0 Å². The van der Waals surface area contributed by atoms with Gasteiger partial charge in [0.1, 0.15) is 0 Å². The van der Waals surface area contributed by atoms with Gasteiger partial charge in [0.15, 0.2) is 0 Å². The summed E-state index contributed by atoms with van der Waals surface area (Å²) in [5.74, 6) is -2.61. The zero-order valence-corrected chi connectivity index (χ0v) is 18.2. The molecule has 3 nitrogen and oxygen atoms in total. The lowest BCUT2D eigenvalue weighted by Gasteiger charge is -2.62. The number of aliphatic carboxylic acids is 1. The standard InChI is InChI=1S/C24H38F2O3/c1-14(4-7-21(28)29)17-5-6-18-16-13-24(25,26)20-12-15(27)8-10-23(20,3)19(16)9-11-22(17,18)2/h14-20,27H,4-13H2,1-3H3,(H,28,29)/t14-,15-,16+,17?,18+,19+,20-,22-,23?/m1/s1. The highest BCUT2D eigenvalue weighted by Crippen LogP contribution is 2.70. The number of carboxylic acid groups (broad SMARTS) is 1. The molecule has 9 atom stereocenters. The van der Waals surface area contributed by atoms with Crippen LogP contribution in [0.25, 0.3) is 0 Å². The summed E-state index contributed by atoms with van der Waals surface area (Å²) in [6, 6.07) is 0. The van der Waals surface area contributed by atoms with Crippen LogP contribution in [0.3, 0.4) is 0 Å². The topological polar surface area (TPSA) is 57.5 Å². The van der Waals surface area contributed by atoms with Crippen molar-refractivity contribution in [2.75, 3.05) is 0 Å². The van der Waals surface area contributed by atoms with Crippen LogP contribution in [0.1, 0.15) is 85.0 Å². The number of carbonyl (C=O) groups is 1. The van der Waals surface area contributed by atoms with E-state index in [4.69, 9.17) is 5.11 Å². The molecule has 2 unspecified atom stereocenters. The van der Waals surface area contributed by atoms with Crippen LogP contribution in [0, 0.1) is 46.3 Å². The molecule has 0 aromatic rings. The number of halogens is 2. The molecule has 4 saturated carbocycles. The molecule has 0 aromatic heterocycles. The van der Waals surface area contributed by atoms with Gasteiger partial charge in [-0.3, -0.25) is 4.79 Å². The van der Waals surface area contributed by atoms with E-state index in [9.17, 15) is 9.90 Å². The molecule has 0 spiro atoms. The Morgan fingerprint density at radius 2 is 1.72 bits per heavy atom. The molecular weight excluding hydrogens is 374 g/mol. The Balaban J connectivity index is 1.59. The Morgan fingerprint density at radius 3 is 2.41 bits per heavy atom. The third-order valence-electron chi connectivity index (χ3n) is 10.2. The molecule has 4 aliphatic carbocycles. The van der Waals surface area contributed by atoms with Crippen LogP contribution >= 0.6 is 0 Å². The van der Waals surface area contributed by atoms with Crippen molar-refractivity contribution >= 4 is 5.97 Å². The van der Waals surface area contributed by atoms with E-state index in [0.717, 1.165) is 32.1 Å². The van der Waals surface area contributed by atoms with E-state index in [0.29, 0.717) is 36.5 Å². The highest BCUT2D eigenvalue weighted by Gasteiger charge is 2.67. The quantitative estimate of drug-likeness (QED) is 0.618. The molecule has 2 N–H and O–H groups in total. The van der Waals surface area contributed by atoms with Crippen LogP contribution in [0.2, 0.25) is 0 Å². The van der Waals surface area contributed by atoms with Gasteiger partial charge in [-0.15, -0.1) is 0 Å². The van der Waals surface area contributed by atoms with Crippen LogP contribution in [0.4, 0.5) is 8.78 Å². The monoisotopic (exact) mass is 412 g/mol. The fourth-order valence-corrected chi connectivity index (χ4v) is 8.78. The lowest BCUT2D eigenvalue weighted by Crippen LogP contribution is -2.60. The van der Waals surface area contributed by atoms with Crippen molar-refractivity contribution in [3.05, 3.63) is 0 Å². The molecule has 4 aliphatic rings. The maximum Gasteiger partial charge on any atom is 0.303 e. The summed E-state index contributed by atoms with van der Waals surface area (Å²) in [5.41, 5.74) is -0.299. The number of aliphatic hydroxyl groups is 1. The van der Waals surface area contributed by atoms with Crippen molar-refractivity contribution in [2.24, 2.45) is 46.3 Å². The second kappa shape index (κ2) is 7.17. The minimum Gasteiger partial charge on any atom is -0.481 e. The largest absolute Gasteiger partial charge is 0.481 e. The van der Waals surface area contributed by atoms with Crippen LogP contribution < -0.4 is 0 Å². The molecule has 29 heavy (non-hydrogen) atoms. The zero-order chi connectivity index (χ0) is 21.2. The summed E-state index contributed by atoms with van der Waals surface area (Å²) in [4.78, 5) is 11.0. The minimum absolute atomic E-state index is 0.0128. The summed E-state index contributed by atoms with van der Waals surface area (Å²) in [7, 11) is 0. The number of hydrogen-bond donors (Lipinski definition) is 2. The second-order valence-electron chi connectivity index (χ2n) is 11.5. The molecule has 0 radical (unpaired) electrons. The number of aliphatic hydroxyl groups excluding tert-OH is 1. The van der Waals surface area contributed by atoms with E-state index in [2.05, 4.69) is 20.8 Å². The number of fused-ring (bicyclic) bond motifs is 5.